The number of rotatable bonds is 9. The first-order chi connectivity index (χ1) is 17.8. The molecule has 0 unspecified atom stereocenters. The van der Waals surface area contributed by atoms with Gasteiger partial charge < -0.3 is 24.8 Å². The minimum atomic E-state index is -0.936. The summed E-state index contributed by atoms with van der Waals surface area (Å²) in [6, 6.07) is 17.2. The van der Waals surface area contributed by atoms with Crippen molar-refractivity contribution in [2.45, 2.75) is 13.8 Å². The maximum Gasteiger partial charge on any atom is 0.329 e. The van der Waals surface area contributed by atoms with Gasteiger partial charge in [0.1, 0.15) is 5.75 Å². The topological polar surface area (TPSA) is 127 Å². The second-order valence-electron chi connectivity index (χ2n) is 7.90. The Kier molecular flexibility index (Phi) is 9.20. The van der Waals surface area contributed by atoms with Crippen molar-refractivity contribution in [3.63, 3.8) is 0 Å². The van der Waals surface area contributed by atoms with E-state index in [1.54, 1.807) is 42.5 Å². The molecule has 0 aliphatic carbocycles. The van der Waals surface area contributed by atoms with Crippen LogP contribution in [-0.4, -0.2) is 44.8 Å². The summed E-state index contributed by atoms with van der Waals surface area (Å²) in [5.74, 6) is -0.761. The lowest BCUT2D eigenvalue weighted by Crippen LogP contribution is -2.32. The Morgan fingerprint density at radius 1 is 0.838 bits per heavy atom. The Labute approximate surface area is 214 Å². The number of para-hydroxylation sites is 1. The van der Waals surface area contributed by atoms with Gasteiger partial charge >= 0.3 is 11.8 Å². The number of methoxy groups -OCH3 is 2. The molecule has 0 radical (unpaired) electrons. The number of nitrogens with one attached hydrogen (secondary N) is 3. The number of hydrazone groups is 1. The molecule has 0 heterocycles. The number of carbonyl (C=O) groups excluding carboxylic acids is 3. The van der Waals surface area contributed by atoms with E-state index in [1.807, 2.05) is 32.0 Å². The normalized spacial score (nSPS) is 10.5. The van der Waals surface area contributed by atoms with Gasteiger partial charge in [-0.1, -0.05) is 18.2 Å². The van der Waals surface area contributed by atoms with Crippen LogP contribution in [0.4, 0.5) is 11.4 Å². The van der Waals surface area contributed by atoms with Gasteiger partial charge in [-0.25, -0.2) is 5.43 Å². The highest BCUT2D eigenvalue weighted by Gasteiger charge is 2.13. The zero-order valence-electron chi connectivity index (χ0n) is 21.0. The first-order valence-electron chi connectivity index (χ1n) is 11.3. The van der Waals surface area contributed by atoms with Crippen molar-refractivity contribution < 1.29 is 28.6 Å². The molecule has 192 valence electrons. The monoisotopic (exact) mass is 504 g/mol. The van der Waals surface area contributed by atoms with Crippen molar-refractivity contribution in [2.75, 3.05) is 31.5 Å². The lowest BCUT2D eigenvalue weighted by atomic mass is 10.1. The molecule has 10 nitrogen and oxygen atoms in total. The fraction of sp³-hybridized carbons (Fsp3) is 0.185. The number of ether oxygens (including phenoxy) is 3. The second-order valence-corrected chi connectivity index (χ2v) is 7.90. The Morgan fingerprint density at radius 3 is 2.19 bits per heavy atom. The largest absolute Gasteiger partial charge is 0.497 e. The van der Waals surface area contributed by atoms with Gasteiger partial charge in [-0.05, 0) is 73.0 Å². The van der Waals surface area contributed by atoms with Crippen LogP contribution in [0.15, 0.2) is 65.8 Å². The molecule has 3 rings (SSSR count). The first-order valence-corrected chi connectivity index (χ1v) is 11.3. The van der Waals surface area contributed by atoms with Crippen molar-refractivity contribution >= 4 is 35.3 Å². The van der Waals surface area contributed by atoms with Crippen LogP contribution in [0, 0.1) is 13.8 Å². The summed E-state index contributed by atoms with van der Waals surface area (Å²) in [4.78, 5) is 36.4. The lowest BCUT2D eigenvalue weighted by molar-refractivity contribution is -0.136. The molecular weight excluding hydrogens is 476 g/mol. The molecule has 0 aliphatic rings. The number of amides is 3. The zero-order chi connectivity index (χ0) is 26.8. The maximum absolute atomic E-state index is 12.4. The molecule has 0 aliphatic heterocycles. The number of hydrogen-bond donors (Lipinski definition) is 3. The first kappa shape index (κ1) is 26.7. The van der Waals surface area contributed by atoms with Crippen LogP contribution < -0.4 is 30.3 Å². The average molecular weight is 505 g/mol. The Hall–Kier alpha value is -4.86. The van der Waals surface area contributed by atoms with Crippen molar-refractivity contribution in [1.29, 1.82) is 0 Å². The van der Waals surface area contributed by atoms with Crippen molar-refractivity contribution in [2.24, 2.45) is 5.10 Å². The van der Waals surface area contributed by atoms with E-state index in [2.05, 4.69) is 21.2 Å². The third-order valence-electron chi connectivity index (χ3n) is 5.23. The summed E-state index contributed by atoms with van der Waals surface area (Å²) in [5.41, 5.74) is 5.85. The molecule has 0 fully saturated rings. The third kappa shape index (κ3) is 7.56. The van der Waals surface area contributed by atoms with Gasteiger partial charge in [0, 0.05) is 11.4 Å². The van der Waals surface area contributed by atoms with Crippen LogP contribution in [0.1, 0.15) is 16.7 Å². The number of aryl methyl sites for hydroxylation is 2. The fourth-order valence-corrected chi connectivity index (χ4v) is 3.29. The van der Waals surface area contributed by atoms with E-state index >= 15 is 0 Å². The molecular formula is C27H28N4O6. The molecule has 37 heavy (non-hydrogen) atoms. The van der Waals surface area contributed by atoms with Gasteiger partial charge in [0.25, 0.3) is 5.91 Å². The van der Waals surface area contributed by atoms with Crippen LogP contribution in [0.3, 0.4) is 0 Å². The molecule has 3 aromatic rings. The highest BCUT2D eigenvalue weighted by molar-refractivity contribution is 6.39. The van der Waals surface area contributed by atoms with Gasteiger partial charge in [-0.2, -0.15) is 5.10 Å². The molecule has 0 aromatic heterocycles. The van der Waals surface area contributed by atoms with Crippen LogP contribution in [-0.2, 0) is 14.4 Å². The minimum Gasteiger partial charge on any atom is -0.497 e. The summed E-state index contributed by atoms with van der Waals surface area (Å²) < 4.78 is 16.0. The number of nitrogens with zero attached hydrogens (tertiary/aromatic N) is 1. The van der Waals surface area contributed by atoms with E-state index in [9.17, 15) is 14.4 Å². The van der Waals surface area contributed by atoms with Gasteiger partial charge in [-0.3, -0.25) is 14.4 Å². The van der Waals surface area contributed by atoms with Crippen molar-refractivity contribution in [1.82, 2.24) is 5.43 Å². The summed E-state index contributed by atoms with van der Waals surface area (Å²) in [7, 11) is 2.99. The molecule has 0 saturated heterocycles. The summed E-state index contributed by atoms with van der Waals surface area (Å²) in [6.45, 7) is 3.63. The Balaban J connectivity index is 1.53. The summed E-state index contributed by atoms with van der Waals surface area (Å²) in [6.07, 6.45) is 1.35. The number of benzene rings is 3. The highest BCUT2D eigenvalue weighted by Crippen LogP contribution is 2.28. The number of anilines is 2. The van der Waals surface area contributed by atoms with E-state index in [-0.39, 0.29) is 12.5 Å². The molecule has 3 aromatic carbocycles. The van der Waals surface area contributed by atoms with Crippen LogP contribution >= 0.6 is 0 Å². The van der Waals surface area contributed by atoms with E-state index < -0.39 is 11.8 Å². The molecule has 0 bridgehead atoms. The van der Waals surface area contributed by atoms with Gasteiger partial charge in [0.05, 0.1) is 20.4 Å². The van der Waals surface area contributed by atoms with Crippen LogP contribution in [0.5, 0.6) is 17.2 Å². The zero-order valence-corrected chi connectivity index (χ0v) is 21.0. The summed E-state index contributed by atoms with van der Waals surface area (Å²) >= 11 is 0. The van der Waals surface area contributed by atoms with Gasteiger partial charge in [0.15, 0.2) is 18.1 Å². The predicted octanol–water partition coefficient (Wildman–Crippen LogP) is 3.43. The van der Waals surface area contributed by atoms with Gasteiger partial charge in [0.2, 0.25) is 0 Å². The van der Waals surface area contributed by atoms with E-state index in [1.165, 1.54) is 20.4 Å². The van der Waals surface area contributed by atoms with E-state index in [4.69, 9.17) is 14.2 Å². The van der Waals surface area contributed by atoms with Crippen LogP contribution in [0.2, 0.25) is 0 Å². The average Bonchev–Trinajstić information content (AvgIpc) is 2.90. The van der Waals surface area contributed by atoms with E-state index in [0.29, 0.717) is 28.5 Å². The molecule has 3 amide bonds. The Morgan fingerprint density at radius 2 is 1.54 bits per heavy atom. The quantitative estimate of drug-likeness (QED) is 0.233. The fourth-order valence-electron chi connectivity index (χ4n) is 3.29. The summed E-state index contributed by atoms with van der Waals surface area (Å²) in [5, 5.41) is 9.13. The Bertz CT molecular complexity index is 1280. The van der Waals surface area contributed by atoms with E-state index in [0.717, 1.165) is 16.8 Å². The lowest BCUT2D eigenvalue weighted by Gasteiger charge is -2.13. The highest BCUT2D eigenvalue weighted by atomic mass is 16.5. The van der Waals surface area contributed by atoms with Crippen molar-refractivity contribution in [3.05, 3.63) is 77.4 Å². The maximum atomic E-state index is 12.4. The van der Waals surface area contributed by atoms with Crippen LogP contribution in [0.25, 0.3) is 0 Å². The predicted molar refractivity (Wildman–Crippen MR) is 140 cm³/mol. The molecule has 0 spiro atoms. The molecule has 10 heteroatoms. The molecule has 0 atom stereocenters. The third-order valence-corrected chi connectivity index (χ3v) is 5.23. The standard InChI is InChI=1S/C27H28N4O6/c1-17-6-5-7-18(2)25(17)30-24(32)16-37-22-13-8-19(14-23(22)36-4)15-28-31-27(34)26(33)29-20-9-11-21(35-3)12-10-20/h5-15H,16H2,1-4H3,(H,29,33)(H,30,32)(H,31,34). The second kappa shape index (κ2) is 12.7. The minimum absolute atomic E-state index is 0.211. The smallest absolute Gasteiger partial charge is 0.329 e. The SMILES string of the molecule is COc1ccc(NC(=O)C(=O)NN=Cc2ccc(OCC(=O)Nc3c(C)cccc3C)c(OC)c2)cc1. The molecule has 0 saturated carbocycles. The van der Waals surface area contributed by atoms with Gasteiger partial charge in [-0.15, -0.1) is 0 Å². The number of carbonyl (C=O) groups is 3. The molecule has 3 N–H and O–H groups in total. The number of hydrogen-bond acceptors (Lipinski definition) is 7. The van der Waals surface area contributed by atoms with Crippen molar-refractivity contribution in [3.8, 4) is 17.2 Å².